The molecule has 0 aromatic heterocycles. The number of hydrogen-bond donors (Lipinski definition) is 1. The van der Waals surface area contributed by atoms with E-state index >= 15 is 0 Å². The highest BCUT2D eigenvalue weighted by atomic mass is 15.0. The van der Waals surface area contributed by atoms with Crippen molar-refractivity contribution in [3.63, 3.8) is 0 Å². The van der Waals surface area contributed by atoms with Crippen LogP contribution in [0.15, 0.2) is 30.3 Å². The fraction of sp³-hybridized carbons (Fsp3) is 0.571. The van der Waals surface area contributed by atoms with Gasteiger partial charge in [0.2, 0.25) is 0 Å². The summed E-state index contributed by atoms with van der Waals surface area (Å²) in [5.41, 5.74) is 1.49. The van der Waals surface area contributed by atoms with Gasteiger partial charge < -0.3 is 5.32 Å². The number of nitrogens with one attached hydrogen (secondary N) is 1. The van der Waals surface area contributed by atoms with Crippen LogP contribution in [0.5, 0.6) is 0 Å². The molecule has 2 aliphatic rings. The summed E-state index contributed by atoms with van der Waals surface area (Å²) in [6.07, 6.45) is 7.02. The van der Waals surface area contributed by atoms with Gasteiger partial charge >= 0.3 is 0 Å². The SMILES string of the molecule is c1ccc(C(NC2CCC2)C2CC2)cc1. The van der Waals surface area contributed by atoms with Crippen LogP contribution in [0.2, 0.25) is 0 Å². The maximum absolute atomic E-state index is 3.83. The molecule has 1 heteroatoms. The van der Waals surface area contributed by atoms with Gasteiger partial charge in [-0.3, -0.25) is 0 Å². The Kier molecular flexibility index (Phi) is 2.49. The van der Waals surface area contributed by atoms with Crippen molar-refractivity contribution in [3.05, 3.63) is 35.9 Å². The van der Waals surface area contributed by atoms with Gasteiger partial charge in [-0.1, -0.05) is 36.8 Å². The van der Waals surface area contributed by atoms with Gasteiger partial charge in [0.1, 0.15) is 0 Å². The monoisotopic (exact) mass is 201 g/mol. The molecule has 0 amide bonds. The average Bonchev–Trinajstić information content (AvgIpc) is 3.01. The zero-order valence-corrected chi connectivity index (χ0v) is 9.15. The van der Waals surface area contributed by atoms with Crippen molar-refractivity contribution in [3.8, 4) is 0 Å². The van der Waals surface area contributed by atoms with Crippen molar-refractivity contribution >= 4 is 0 Å². The van der Waals surface area contributed by atoms with Crippen molar-refractivity contribution in [1.82, 2.24) is 5.32 Å². The van der Waals surface area contributed by atoms with E-state index in [0.717, 1.165) is 12.0 Å². The number of hydrogen-bond acceptors (Lipinski definition) is 1. The van der Waals surface area contributed by atoms with Crippen LogP contribution in [0, 0.1) is 5.92 Å². The van der Waals surface area contributed by atoms with E-state index in [1.807, 2.05) is 0 Å². The minimum Gasteiger partial charge on any atom is -0.307 e. The molecule has 15 heavy (non-hydrogen) atoms. The Bertz CT molecular complexity index is 311. The summed E-state index contributed by atoms with van der Waals surface area (Å²) >= 11 is 0. The fourth-order valence-electron chi connectivity index (χ4n) is 2.42. The summed E-state index contributed by atoms with van der Waals surface area (Å²) in [6.45, 7) is 0. The number of benzene rings is 1. The number of rotatable bonds is 4. The highest BCUT2D eigenvalue weighted by Gasteiger charge is 2.34. The molecule has 3 rings (SSSR count). The van der Waals surface area contributed by atoms with Gasteiger partial charge in [-0.25, -0.2) is 0 Å². The van der Waals surface area contributed by atoms with Crippen LogP contribution in [-0.4, -0.2) is 6.04 Å². The molecular formula is C14H19N. The molecule has 2 saturated carbocycles. The quantitative estimate of drug-likeness (QED) is 0.788. The summed E-state index contributed by atoms with van der Waals surface area (Å²) in [6, 6.07) is 12.4. The van der Waals surface area contributed by atoms with Gasteiger partial charge in [0, 0.05) is 12.1 Å². The summed E-state index contributed by atoms with van der Waals surface area (Å²) in [7, 11) is 0. The lowest BCUT2D eigenvalue weighted by atomic mass is 9.90. The third-order valence-electron chi connectivity index (χ3n) is 3.77. The van der Waals surface area contributed by atoms with Gasteiger partial charge in [0.15, 0.2) is 0 Å². The molecule has 1 N–H and O–H groups in total. The van der Waals surface area contributed by atoms with Gasteiger partial charge in [0.05, 0.1) is 0 Å². The first-order chi connectivity index (χ1) is 7.43. The lowest BCUT2D eigenvalue weighted by Gasteiger charge is -2.32. The van der Waals surface area contributed by atoms with Crippen molar-refractivity contribution in [2.75, 3.05) is 0 Å². The van der Waals surface area contributed by atoms with Crippen LogP contribution in [0.1, 0.15) is 43.7 Å². The van der Waals surface area contributed by atoms with Crippen LogP contribution >= 0.6 is 0 Å². The first-order valence-electron chi connectivity index (χ1n) is 6.24. The second-order valence-electron chi connectivity index (χ2n) is 5.02. The van der Waals surface area contributed by atoms with Gasteiger partial charge in [0.25, 0.3) is 0 Å². The molecule has 1 atom stereocenters. The molecule has 0 radical (unpaired) electrons. The van der Waals surface area contributed by atoms with Crippen LogP contribution in [0.3, 0.4) is 0 Å². The molecule has 1 unspecified atom stereocenters. The second-order valence-corrected chi connectivity index (χ2v) is 5.02. The maximum atomic E-state index is 3.83. The van der Waals surface area contributed by atoms with Crippen molar-refractivity contribution in [1.29, 1.82) is 0 Å². The summed E-state index contributed by atoms with van der Waals surface area (Å²) < 4.78 is 0. The normalized spacial score (nSPS) is 23.5. The minimum absolute atomic E-state index is 0.636. The standard InChI is InChI=1S/C14H19N/c1-2-5-11(6-3-1)14(12-9-10-12)15-13-7-4-8-13/h1-3,5-6,12-15H,4,7-10H2. The largest absolute Gasteiger partial charge is 0.307 e. The Morgan fingerprint density at radius 1 is 1.00 bits per heavy atom. The lowest BCUT2D eigenvalue weighted by molar-refractivity contribution is 0.291. The van der Waals surface area contributed by atoms with E-state index in [4.69, 9.17) is 0 Å². The molecule has 2 fully saturated rings. The first kappa shape index (κ1) is 9.41. The Morgan fingerprint density at radius 3 is 2.27 bits per heavy atom. The van der Waals surface area contributed by atoms with Crippen LogP contribution in [-0.2, 0) is 0 Å². The smallest absolute Gasteiger partial charge is 0.0351 e. The molecule has 1 nitrogen and oxygen atoms in total. The first-order valence-corrected chi connectivity index (χ1v) is 6.24. The average molecular weight is 201 g/mol. The van der Waals surface area contributed by atoms with Gasteiger partial charge in [-0.05, 0) is 37.2 Å². The highest BCUT2D eigenvalue weighted by Crippen LogP contribution is 2.42. The zero-order chi connectivity index (χ0) is 10.1. The van der Waals surface area contributed by atoms with E-state index in [1.165, 1.54) is 37.7 Å². The molecule has 0 heterocycles. The molecule has 0 saturated heterocycles. The predicted octanol–water partition coefficient (Wildman–Crippen LogP) is 3.28. The Labute approximate surface area is 91.9 Å². The van der Waals surface area contributed by atoms with E-state index in [0.29, 0.717) is 6.04 Å². The Balaban J connectivity index is 1.72. The molecule has 2 aliphatic carbocycles. The zero-order valence-electron chi connectivity index (χ0n) is 9.15. The fourth-order valence-corrected chi connectivity index (χ4v) is 2.42. The molecule has 0 spiro atoms. The van der Waals surface area contributed by atoms with E-state index < -0.39 is 0 Å². The maximum Gasteiger partial charge on any atom is 0.0351 e. The topological polar surface area (TPSA) is 12.0 Å². The molecule has 80 valence electrons. The van der Waals surface area contributed by atoms with Crippen LogP contribution in [0.25, 0.3) is 0 Å². The third kappa shape index (κ3) is 2.07. The van der Waals surface area contributed by atoms with E-state index in [9.17, 15) is 0 Å². The molecule has 0 bridgehead atoms. The Morgan fingerprint density at radius 2 is 1.73 bits per heavy atom. The summed E-state index contributed by atoms with van der Waals surface area (Å²) in [5.74, 6) is 0.910. The van der Waals surface area contributed by atoms with Crippen LogP contribution in [0.4, 0.5) is 0 Å². The van der Waals surface area contributed by atoms with Gasteiger partial charge in [-0.15, -0.1) is 0 Å². The second kappa shape index (κ2) is 3.97. The van der Waals surface area contributed by atoms with Crippen molar-refractivity contribution in [2.45, 2.75) is 44.2 Å². The summed E-state index contributed by atoms with van der Waals surface area (Å²) in [5, 5.41) is 3.83. The predicted molar refractivity (Wildman–Crippen MR) is 62.7 cm³/mol. The Hall–Kier alpha value is -0.820. The van der Waals surface area contributed by atoms with Gasteiger partial charge in [-0.2, -0.15) is 0 Å². The van der Waals surface area contributed by atoms with E-state index in [-0.39, 0.29) is 0 Å². The third-order valence-corrected chi connectivity index (χ3v) is 3.77. The molecule has 1 aromatic carbocycles. The molecule has 1 aromatic rings. The van der Waals surface area contributed by atoms with Crippen molar-refractivity contribution < 1.29 is 0 Å². The minimum atomic E-state index is 0.636. The van der Waals surface area contributed by atoms with Crippen LogP contribution < -0.4 is 5.32 Å². The van der Waals surface area contributed by atoms with Crippen molar-refractivity contribution in [2.24, 2.45) is 5.92 Å². The molecular weight excluding hydrogens is 182 g/mol. The van der Waals surface area contributed by atoms with E-state index in [1.54, 1.807) is 0 Å². The highest BCUT2D eigenvalue weighted by molar-refractivity contribution is 5.21. The van der Waals surface area contributed by atoms with E-state index in [2.05, 4.69) is 35.6 Å². The molecule has 0 aliphatic heterocycles. The summed E-state index contributed by atoms with van der Waals surface area (Å²) in [4.78, 5) is 0. The lowest BCUT2D eigenvalue weighted by Crippen LogP contribution is -2.38.